The van der Waals surface area contributed by atoms with E-state index >= 15 is 0 Å². The van der Waals surface area contributed by atoms with Crippen LogP contribution >= 0.6 is 23.2 Å². The van der Waals surface area contributed by atoms with E-state index in [2.05, 4.69) is 23.5 Å². The van der Waals surface area contributed by atoms with Gasteiger partial charge in [0.2, 0.25) is 0 Å². The summed E-state index contributed by atoms with van der Waals surface area (Å²) in [7, 11) is -1.39. The summed E-state index contributed by atoms with van der Waals surface area (Å²) in [6.45, 7) is 19.1. The second-order valence-electron chi connectivity index (χ2n) is 9.90. The number of hydrogen-bond donors (Lipinski definition) is 2. The molecular weight excluding hydrogens is 606 g/mol. The van der Waals surface area contributed by atoms with Crippen molar-refractivity contribution in [2.45, 2.75) is 124 Å². The first-order valence-corrected chi connectivity index (χ1v) is 18.1. The fourth-order valence-electron chi connectivity index (χ4n) is 4.13. The molecule has 2 N–H and O–H groups in total. The van der Waals surface area contributed by atoms with E-state index in [1.807, 2.05) is 41.5 Å². The monoisotopic (exact) mass is 660 g/mol. The van der Waals surface area contributed by atoms with Crippen molar-refractivity contribution in [3.63, 3.8) is 0 Å². The Bertz CT molecular complexity index is 1040. The Balaban J connectivity index is 0.000000816. The molecule has 9 heteroatoms. The van der Waals surface area contributed by atoms with E-state index in [0.717, 1.165) is 56.4 Å². The van der Waals surface area contributed by atoms with Gasteiger partial charge in [0.05, 0.1) is 10.8 Å². The Labute approximate surface area is 273 Å². The Morgan fingerprint density at radius 1 is 0.907 bits per heavy atom. The fourth-order valence-corrected chi connectivity index (χ4v) is 5.66. The number of amides is 1. The molecule has 1 amide bonds. The van der Waals surface area contributed by atoms with Gasteiger partial charge >= 0.3 is 0 Å². The second-order valence-corrected chi connectivity index (χ2v) is 12.2. The summed E-state index contributed by atoms with van der Waals surface area (Å²) in [4.78, 5) is 14.7. The minimum atomic E-state index is -1.39. The molecule has 3 aliphatic rings. The largest absolute Gasteiger partial charge is 0.508 e. The molecule has 2 aromatic carbocycles. The number of nitrogens with one attached hydrogen (secondary N) is 1. The summed E-state index contributed by atoms with van der Waals surface area (Å²) in [6.07, 6.45) is 8.89. The molecule has 1 saturated heterocycles. The van der Waals surface area contributed by atoms with E-state index in [0.29, 0.717) is 16.0 Å². The molecule has 0 bridgehead atoms. The van der Waals surface area contributed by atoms with Gasteiger partial charge in [-0.3, -0.25) is 14.4 Å². The van der Waals surface area contributed by atoms with Gasteiger partial charge in [-0.05, 0) is 99.0 Å². The van der Waals surface area contributed by atoms with Gasteiger partial charge in [0.25, 0.3) is 5.91 Å². The molecule has 2 aromatic rings. The highest BCUT2D eigenvalue weighted by Gasteiger charge is 2.32. The number of phenolic OH excluding ortho intramolecular Hbond substituents is 1. The number of carbonyl (C=O) groups excluding carboxylic acids is 1. The molecule has 2 saturated carbocycles. The van der Waals surface area contributed by atoms with E-state index in [1.54, 1.807) is 12.1 Å². The summed E-state index contributed by atoms with van der Waals surface area (Å²) in [5.74, 6) is -0.510. The van der Waals surface area contributed by atoms with E-state index in [4.69, 9.17) is 28.3 Å². The lowest BCUT2D eigenvalue weighted by molar-refractivity contribution is 0.0978. The molecule has 43 heavy (non-hydrogen) atoms. The highest BCUT2D eigenvalue weighted by molar-refractivity contribution is 7.84. The molecule has 0 aromatic heterocycles. The first kappa shape index (κ1) is 41.3. The van der Waals surface area contributed by atoms with Crippen LogP contribution in [0.4, 0.5) is 4.39 Å². The number of halogens is 3. The Kier molecular flexibility index (Phi) is 22.8. The number of benzene rings is 2. The van der Waals surface area contributed by atoms with Gasteiger partial charge in [0.1, 0.15) is 22.6 Å². The number of aromatic hydroxyl groups is 1. The maximum Gasteiger partial charge on any atom is 0.265 e. The normalized spacial score (nSPS) is 16.0. The van der Waals surface area contributed by atoms with Crippen LogP contribution in [0.1, 0.15) is 134 Å². The summed E-state index contributed by atoms with van der Waals surface area (Å²) in [5.41, 5.74) is 2.16. The van der Waals surface area contributed by atoms with Gasteiger partial charge in [-0.2, -0.15) is 0 Å². The van der Waals surface area contributed by atoms with Crippen molar-refractivity contribution in [2.75, 3.05) is 13.1 Å². The molecule has 1 unspecified atom stereocenters. The van der Waals surface area contributed by atoms with Crippen LogP contribution in [-0.2, 0) is 17.5 Å². The predicted octanol–water partition coefficient (Wildman–Crippen LogP) is 10.4. The lowest BCUT2D eigenvalue weighted by atomic mass is 9.98. The van der Waals surface area contributed by atoms with Gasteiger partial charge in [-0.15, -0.1) is 0 Å². The highest BCUT2D eigenvalue weighted by atomic mass is 35.5. The van der Waals surface area contributed by atoms with Gasteiger partial charge in [0, 0.05) is 16.6 Å². The molecule has 0 spiro atoms. The van der Waals surface area contributed by atoms with Crippen molar-refractivity contribution in [3.05, 3.63) is 62.9 Å². The second kappa shape index (κ2) is 23.7. The van der Waals surface area contributed by atoms with Gasteiger partial charge < -0.3 is 5.11 Å². The van der Waals surface area contributed by atoms with E-state index in [1.165, 1.54) is 43.9 Å². The molecule has 246 valence electrons. The molecule has 3 fully saturated rings. The number of nitrogens with zero attached hydrogens (tertiary/aromatic N) is 1. The van der Waals surface area contributed by atoms with Crippen LogP contribution < -0.4 is 4.72 Å². The molecule has 1 heterocycles. The minimum Gasteiger partial charge on any atom is -0.508 e. The first-order chi connectivity index (χ1) is 20.7. The van der Waals surface area contributed by atoms with Crippen molar-refractivity contribution >= 4 is 40.1 Å². The Morgan fingerprint density at radius 2 is 1.42 bits per heavy atom. The smallest absolute Gasteiger partial charge is 0.265 e. The van der Waals surface area contributed by atoms with Crippen molar-refractivity contribution in [1.29, 1.82) is 0 Å². The lowest BCUT2D eigenvalue weighted by Gasteiger charge is -2.27. The third-order valence-electron chi connectivity index (χ3n) is 6.20. The van der Waals surface area contributed by atoms with E-state index < -0.39 is 22.7 Å². The van der Waals surface area contributed by atoms with Crippen LogP contribution in [-0.4, -0.2) is 38.5 Å². The van der Waals surface area contributed by atoms with E-state index in [-0.39, 0.29) is 16.6 Å². The zero-order chi connectivity index (χ0) is 32.9. The summed E-state index contributed by atoms with van der Waals surface area (Å²) < 4.78 is 29.0. The molecule has 0 radical (unpaired) electrons. The predicted molar refractivity (Wildman–Crippen MR) is 184 cm³/mol. The standard InChI is InChI=1S/C19H25FN2O2S.C6H4Cl2O.C3H8.3C2H6/c20-18-10-14(12-22-8-2-1-3-9-22)16(13-4-5-13)11-17(18)19(23)21-25(24)15-6-7-15;7-4-1-5(8)3-6(9)2-4;1-3-2;3*1-2/h10-11,13,15H,1-9,12H2,(H,21,23);1-3,9H;3H2,1-2H3;3*1-2H3. The maximum absolute atomic E-state index is 14.6. The first-order valence-electron chi connectivity index (χ1n) is 16.1. The van der Waals surface area contributed by atoms with Gasteiger partial charge in [-0.1, -0.05) is 91.4 Å². The number of phenols is 1. The fraction of sp³-hybridized carbons (Fsp3) is 0.618. The summed E-state index contributed by atoms with van der Waals surface area (Å²) in [5, 5.41) is 9.76. The molecule has 5 rings (SSSR count). The maximum atomic E-state index is 14.6. The average molecular weight is 662 g/mol. The highest BCUT2D eigenvalue weighted by Crippen LogP contribution is 2.43. The number of carbonyl (C=O) groups is 1. The minimum absolute atomic E-state index is 0.0401. The third-order valence-corrected chi connectivity index (χ3v) is 8.10. The van der Waals surface area contributed by atoms with Crippen molar-refractivity contribution in [2.24, 2.45) is 0 Å². The molecular formula is C34H55Cl2FN2O3S. The summed E-state index contributed by atoms with van der Waals surface area (Å²) in [6, 6.07) is 7.66. The topological polar surface area (TPSA) is 69.6 Å². The van der Waals surface area contributed by atoms with Gasteiger partial charge in [-0.25, -0.2) is 8.60 Å². The van der Waals surface area contributed by atoms with Crippen LogP contribution in [0.15, 0.2) is 30.3 Å². The van der Waals surface area contributed by atoms with Crippen LogP contribution in [0.2, 0.25) is 10.0 Å². The zero-order valence-electron chi connectivity index (χ0n) is 27.6. The van der Waals surface area contributed by atoms with E-state index in [9.17, 15) is 13.4 Å². The Hall–Kier alpha value is -1.67. The van der Waals surface area contributed by atoms with Crippen LogP contribution in [0.25, 0.3) is 0 Å². The number of likely N-dealkylation sites (tertiary alicyclic amines) is 1. The third kappa shape index (κ3) is 16.3. The lowest BCUT2D eigenvalue weighted by Crippen LogP contribution is -2.30. The SMILES string of the molecule is CC.CC.CC.CCC.O=C(NS(=O)C1CC1)c1cc(C2CC2)c(CN2CCCCC2)cc1F.Oc1cc(Cl)cc(Cl)c1. The molecule has 1 atom stereocenters. The van der Waals surface area contributed by atoms with Crippen LogP contribution in [0.3, 0.4) is 0 Å². The van der Waals surface area contributed by atoms with Crippen LogP contribution in [0.5, 0.6) is 5.75 Å². The van der Waals surface area contributed by atoms with Crippen LogP contribution in [0, 0.1) is 5.82 Å². The Morgan fingerprint density at radius 3 is 1.86 bits per heavy atom. The van der Waals surface area contributed by atoms with Crippen molar-refractivity contribution in [1.82, 2.24) is 9.62 Å². The number of piperidine rings is 1. The summed E-state index contributed by atoms with van der Waals surface area (Å²) >= 11 is 11.0. The number of hydrogen-bond acceptors (Lipinski definition) is 4. The van der Waals surface area contributed by atoms with Crippen molar-refractivity contribution in [3.8, 4) is 5.75 Å². The number of rotatable bonds is 6. The molecule has 1 aliphatic heterocycles. The molecule has 2 aliphatic carbocycles. The van der Waals surface area contributed by atoms with Gasteiger partial charge in [0.15, 0.2) is 0 Å². The average Bonchev–Trinajstić information content (AvgIpc) is 3.91. The van der Waals surface area contributed by atoms with Crippen molar-refractivity contribution < 1.29 is 18.5 Å². The molecule has 5 nitrogen and oxygen atoms in total. The quantitative estimate of drug-likeness (QED) is 0.323. The zero-order valence-corrected chi connectivity index (χ0v) is 29.9.